The normalized spacial score (nSPS) is 24.5. The summed E-state index contributed by atoms with van der Waals surface area (Å²) in [6, 6.07) is 9.91. The number of amides is 3. The lowest BCUT2D eigenvalue weighted by molar-refractivity contribution is -0.151. The number of carbonyl (C=O) groups is 3. The molecule has 174 valence electrons. The van der Waals surface area contributed by atoms with E-state index >= 15 is 0 Å². The molecule has 9 heteroatoms. The number of carbonyl (C=O) groups excluding carboxylic acids is 3. The second-order valence-corrected chi connectivity index (χ2v) is 10.5. The Hall–Kier alpha value is -3.20. The monoisotopic (exact) mass is 450 g/mol. The predicted octanol–water partition coefficient (Wildman–Crippen LogP) is 0.868. The fourth-order valence-corrected chi connectivity index (χ4v) is 5.40. The lowest BCUT2D eigenvalue weighted by atomic mass is 9.71. The fourth-order valence-electron chi connectivity index (χ4n) is 5.40. The average molecular weight is 451 g/mol. The molecule has 3 amide bonds. The molecule has 0 bridgehead atoms. The van der Waals surface area contributed by atoms with Gasteiger partial charge in [-0.15, -0.1) is 0 Å². The third kappa shape index (κ3) is 3.80. The average Bonchev–Trinajstić information content (AvgIpc) is 3.13. The van der Waals surface area contributed by atoms with Crippen LogP contribution in [0.2, 0.25) is 0 Å². The van der Waals surface area contributed by atoms with E-state index in [4.69, 9.17) is 5.84 Å². The van der Waals surface area contributed by atoms with E-state index in [0.717, 1.165) is 12.0 Å². The molecule has 2 aliphatic heterocycles. The Morgan fingerprint density at radius 2 is 1.76 bits per heavy atom. The molecule has 1 spiro atoms. The molecule has 2 saturated heterocycles. The Bertz CT molecular complexity index is 1090. The number of nitrogens with one attached hydrogen (secondary N) is 1. The first-order valence-electron chi connectivity index (χ1n) is 11.4. The Balaban J connectivity index is 1.27. The number of aromatic nitrogens is 2. The van der Waals surface area contributed by atoms with Gasteiger partial charge in [-0.3, -0.25) is 24.5 Å². The molecular weight excluding hydrogens is 420 g/mol. The highest BCUT2D eigenvalue weighted by Crippen LogP contribution is 2.54. The summed E-state index contributed by atoms with van der Waals surface area (Å²) in [5, 5.41) is 4.34. The first-order chi connectivity index (χ1) is 15.7. The van der Waals surface area contributed by atoms with Crippen molar-refractivity contribution in [2.24, 2.45) is 28.5 Å². The molecule has 1 saturated carbocycles. The largest absolute Gasteiger partial charge is 0.341 e. The van der Waals surface area contributed by atoms with Crippen LogP contribution in [-0.2, 0) is 16.1 Å². The maximum atomic E-state index is 13.2. The molecule has 3 aliphatic rings. The van der Waals surface area contributed by atoms with Crippen LogP contribution in [0, 0.1) is 22.7 Å². The van der Waals surface area contributed by atoms with Crippen LogP contribution in [0.4, 0.5) is 0 Å². The van der Waals surface area contributed by atoms with Crippen LogP contribution >= 0.6 is 0 Å². The van der Waals surface area contributed by atoms with E-state index < -0.39 is 11.3 Å². The number of nitrogens with two attached hydrogens (primary N) is 1. The van der Waals surface area contributed by atoms with Crippen LogP contribution in [0.25, 0.3) is 0 Å². The summed E-state index contributed by atoms with van der Waals surface area (Å²) in [6.45, 7) is 6.44. The van der Waals surface area contributed by atoms with Gasteiger partial charge in [0, 0.05) is 43.7 Å². The zero-order chi connectivity index (χ0) is 23.4. The van der Waals surface area contributed by atoms with Crippen molar-refractivity contribution < 1.29 is 14.4 Å². The molecule has 3 N–H and O–H groups in total. The number of hydrazine groups is 1. The standard InChI is InChI=1S/C24H30N6O3/c1-23(2)8-18(23)22(33)29-14-24(15-29)13-28(12-19(24)20(31)27-25)21(32)17-9-26-30(11-17)10-16-6-4-3-5-7-16/h3-7,9,11,18-19H,8,10,12-15,25H2,1-2H3,(H,27,31)/t18?,19-/m0/s1. The Kier molecular flexibility index (Phi) is 5.04. The SMILES string of the molecule is CC1(C)CC1C(=O)N1CC2(CN(C(=O)c3cnn(Cc4ccccc4)c3)C[C@H]2C(=O)NN)C1. The lowest BCUT2D eigenvalue weighted by Gasteiger charge is -2.50. The van der Waals surface area contributed by atoms with Crippen molar-refractivity contribution in [3.8, 4) is 0 Å². The van der Waals surface area contributed by atoms with Gasteiger partial charge in [0.1, 0.15) is 0 Å². The van der Waals surface area contributed by atoms with E-state index in [1.165, 1.54) is 0 Å². The number of hydrogen-bond acceptors (Lipinski definition) is 5. The van der Waals surface area contributed by atoms with Crippen molar-refractivity contribution in [2.75, 3.05) is 26.2 Å². The third-order valence-electron chi connectivity index (χ3n) is 7.60. The highest BCUT2D eigenvalue weighted by atomic mass is 16.2. The topological polar surface area (TPSA) is 114 Å². The molecule has 3 fully saturated rings. The summed E-state index contributed by atoms with van der Waals surface area (Å²) in [6.07, 6.45) is 4.21. The van der Waals surface area contributed by atoms with E-state index in [2.05, 4.69) is 24.4 Å². The minimum atomic E-state index is -0.451. The molecule has 2 atom stereocenters. The molecule has 1 aliphatic carbocycles. The Morgan fingerprint density at radius 1 is 1.09 bits per heavy atom. The number of likely N-dealkylation sites (tertiary alicyclic amines) is 2. The zero-order valence-electron chi connectivity index (χ0n) is 19.0. The van der Waals surface area contributed by atoms with E-state index in [0.29, 0.717) is 31.7 Å². The van der Waals surface area contributed by atoms with Crippen LogP contribution in [0.3, 0.4) is 0 Å². The lowest BCUT2D eigenvalue weighted by Crippen LogP contribution is -2.64. The minimum absolute atomic E-state index is 0.0610. The van der Waals surface area contributed by atoms with Crippen molar-refractivity contribution in [1.82, 2.24) is 25.0 Å². The number of hydrogen-bond donors (Lipinski definition) is 2. The highest BCUT2D eigenvalue weighted by molar-refractivity contribution is 5.95. The highest BCUT2D eigenvalue weighted by Gasteiger charge is 2.61. The maximum Gasteiger partial charge on any atom is 0.257 e. The van der Waals surface area contributed by atoms with Crippen LogP contribution < -0.4 is 11.3 Å². The summed E-state index contributed by atoms with van der Waals surface area (Å²) < 4.78 is 1.74. The van der Waals surface area contributed by atoms with Gasteiger partial charge in [-0.05, 0) is 17.4 Å². The zero-order valence-corrected chi connectivity index (χ0v) is 19.0. The number of nitrogens with zero attached hydrogens (tertiary/aromatic N) is 4. The number of benzene rings is 1. The third-order valence-corrected chi connectivity index (χ3v) is 7.60. The van der Waals surface area contributed by atoms with E-state index in [-0.39, 0.29) is 35.6 Å². The van der Waals surface area contributed by atoms with Gasteiger partial charge in [-0.25, -0.2) is 5.84 Å². The van der Waals surface area contributed by atoms with Crippen LogP contribution in [-0.4, -0.2) is 63.5 Å². The maximum absolute atomic E-state index is 13.2. The van der Waals surface area contributed by atoms with Gasteiger partial charge in [0.05, 0.1) is 24.2 Å². The van der Waals surface area contributed by atoms with Gasteiger partial charge < -0.3 is 9.80 Å². The summed E-state index contributed by atoms with van der Waals surface area (Å²) in [5.41, 5.74) is 3.45. The van der Waals surface area contributed by atoms with Gasteiger partial charge in [0.15, 0.2) is 0 Å². The minimum Gasteiger partial charge on any atom is -0.341 e. The first-order valence-corrected chi connectivity index (χ1v) is 11.4. The molecule has 9 nitrogen and oxygen atoms in total. The van der Waals surface area contributed by atoms with Crippen LogP contribution in [0.1, 0.15) is 36.2 Å². The molecule has 33 heavy (non-hydrogen) atoms. The van der Waals surface area contributed by atoms with Crippen molar-refractivity contribution in [2.45, 2.75) is 26.8 Å². The Morgan fingerprint density at radius 3 is 2.39 bits per heavy atom. The smallest absolute Gasteiger partial charge is 0.257 e. The Labute approximate surface area is 192 Å². The van der Waals surface area contributed by atoms with Gasteiger partial charge in [-0.2, -0.15) is 5.10 Å². The predicted molar refractivity (Wildman–Crippen MR) is 120 cm³/mol. The molecule has 1 aromatic carbocycles. The van der Waals surface area contributed by atoms with Gasteiger partial charge in [-0.1, -0.05) is 44.2 Å². The van der Waals surface area contributed by atoms with Gasteiger partial charge in [0.25, 0.3) is 5.91 Å². The molecule has 1 unspecified atom stereocenters. The van der Waals surface area contributed by atoms with E-state index in [1.54, 1.807) is 22.0 Å². The second kappa shape index (κ2) is 7.69. The summed E-state index contributed by atoms with van der Waals surface area (Å²) >= 11 is 0. The number of rotatable bonds is 5. The second-order valence-electron chi connectivity index (χ2n) is 10.5. The summed E-state index contributed by atoms with van der Waals surface area (Å²) in [4.78, 5) is 42.1. The van der Waals surface area contributed by atoms with Gasteiger partial charge >= 0.3 is 0 Å². The van der Waals surface area contributed by atoms with Crippen LogP contribution in [0.15, 0.2) is 42.7 Å². The molecule has 2 aromatic rings. The summed E-state index contributed by atoms with van der Waals surface area (Å²) in [7, 11) is 0. The van der Waals surface area contributed by atoms with E-state index in [9.17, 15) is 14.4 Å². The molecule has 1 aromatic heterocycles. The van der Waals surface area contributed by atoms with Crippen molar-refractivity contribution in [3.05, 3.63) is 53.9 Å². The molecule has 5 rings (SSSR count). The molecule has 3 heterocycles. The van der Waals surface area contributed by atoms with Crippen molar-refractivity contribution in [3.63, 3.8) is 0 Å². The summed E-state index contributed by atoms with van der Waals surface area (Å²) in [5.74, 6) is 4.78. The van der Waals surface area contributed by atoms with Crippen molar-refractivity contribution >= 4 is 17.7 Å². The fraction of sp³-hybridized carbons (Fsp3) is 0.500. The van der Waals surface area contributed by atoms with Crippen molar-refractivity contribution in [1.29, 1.82) is 0 Å². The first kappa shape index (κ1) is 21.6. The van der Waals surface area contributed by atoms with E-state index in [1.807, 2.05) is 35.2 Å². The quantitative estimate of drug-likeness (QED) is 0.399. The molecular formula is C24H30N6O3. The van der Waals surface area contributed by atoms with Crippen LogP contribution in [0.5, 0.6) is 0 Å². The van der Waals surface area contributed by atoms with Gasteiger partial charge in [0.2, 0.25) is 11.8 Å². The molecule has 0 radical (unpaired) electrons.